The van der Waals surface area contributed by atoms with Crippen molar-refractivity contribution >= 4 is 22.6 Å². The first-order chi connectivity index (χ1) is 5.86. The number of benzene rings is 1. The van der Waals surface area contributed by atoms with E-state index < -0.39 is 0 Å². The fourth-order valence-electron chi connectivity index (χ4n) is 1.06. The van der Waals surface area contributed by atoms with Crippen molar-refractivity contribution in [1.29, 1.82) is 0 Å². The Morgan fingerprint density at radius 1 is 1.17 bits per heavy atom. The summed E-state index contributed by atoms with van der Waals surface area (Å²) in [6, 6.07) is 8.37. The molecule has 1 aromatic carbocycles. The number of hydrogen-bond acceptors (Lipinski definition) is 0. The lowest BCUT2D eigenvalue weighted by Crippen LogP contribution is -2.26. The molecule has 2 rings (SSSR count). The molecule has 12 heavy (non-hydrogen) atoms. The highest BCUT2D eigenvalue weighted by Gasteiger charge is 1.99. The van der Waals surface area contributed by atoms with Crippen LogP contribution in [0.15, 0.2) is 43.0 Å². The number of H-pyrrole nitrogens is 1. The zero-order valence-electron chi connectivity index (χ0n) is 6.37. The van der Waals surface area contributed by atoms with E-state index in [0.717, 1.165) is 0 Å². The minimum Gasteiger partial charge on any atom is -0.250 e. The minimum atomic E-state index is 1.18. The molecule has 0 saturated heterocycles. The molecule has 60 valence electrons. The van der Waals surface area contributed by atoms with E-state index in [2.05, 4.69) is 51.8 Å². The first kappa shape index (κ1) is 7.79. The Hall–Kier alpha value is -0.840. The van der Waals surface area contributed by atoms with E-state index in [4.69, 9.17) is 0 Å². The molecule has 0 atom stereocenters. The molecule has 3 heteroatoms. The van der Waals surface area contributed by atoms with Crippen LogP contribution in [-0.2, 0) is 0 Å². The number of aromatic amines is 1. The second-order valence-corrected chi connectivity index (χ2v) is 3.74. The Labute approximate surface area is 84.4 Å². The predicted molar refractivity (Wildman–Crippen MR) is 55.0 cm³/mol. The summed E-state index contributed by atoms with van der Waals surface area (Å²) in [5.41, 5.74) is 1.18. The average Bonchev–Trinajstić information content (AvgIpc) is 2.58. The van der Waals surface area contributed by atoms with Gasteiger partial charge in [-0.2, -0.15) is 0 Å². The topological polar surface area (TPSA) is 19.7 Å². The van der Waals surface area contributed by atoms with Gasteiger partial charge >= 0.3 is 0 Å². The van der Waals surface area contributed by atoms with E-state index in [1.54, 1.807) is 0 Å². The van der Waals surface area contributed by atoms with Gasteiger partial charge in [-0.05, 0) is 46.9 Å². The van der Waals surface area contributed by atoms with Gasteiger partial charge in [-0.3, -0.25) is 0 Å². The zero-order chi connectivity index (χ0) is 8.39. The maximum atomic E-state index is 3.00. The van der Waals surface area contributed by atoms with Crippen LogP contribution in [0.25, 0.3) is 5.69 Å². The van der Waals surface area contributed by atoms with Gasteiger partial charge in [0.05, 0.1) is 0 Å². The van der Waals surface area contributed by atoms with E-state index in [-0.39, 0.29) is 0 Å². The number of halogens is 1. The van der Waals surface area contributed by atoms with Crippen molar-refractivity contribution in [1.82, 2.24) is 4.98 Å². The molecule has 0 aliphatic carbocycles. The largest absolute Gasteiger partial charge is 0.250 e. The third-order valence-electron chi connectivity index (χ3n) is 1.67. The van der Waals surface area contributed by atoms with Crippen LogP contribution in [-0.4, -0.2) is 4.98 Å². The van der Waals surface area contributed by atoms with E-state index in [0.29, 0.717) is 0 Å². The molecule has 0 amide bonds. The van der Waals surface area contributed by atoms with Crippen molar-refractivity contribution in [2.24, 2.45) is 0 Å². The highest BCUT2D eigenvalue weighted by Crippen LogP contribution is 2.05. The third kappa shape index (κ3) is 1.50. The van der Waals surface area contributed by atoms with Crippen molar-refractivity contribution in [3.05, 3.63) is 46.6 Å². The Balaban J connectivity index is 2.43. The summed E-state index contributed by atoms with van der Waals surface area (Å²) in [6.45, 7) is 0. The van der Waals surface area contributed by atoms with Gasteiger partial charge in [0.15, 0.2) is 0 Å². The molecule has 1 N–H and O–H groups in total. The quantitative estimate of drug-likeness (QED) is 0.603. The molecule has 0 aliphatic rings. The SMILES string of the molecule is Ic1ccc(-[n+]2cc[nH]c2)cc1. The normalized spacial score (nSPS) is 10.1. The van der Waals surface area contributed by atoms with Crippen LogP contribution < -0.4 is 4.57 Å². The summed E-state index contributed by atoms with van der Waals surface area (Å²) in [5, 5.41) is 0. The molecule has 2 aromatic rings. The molecule has 0 fully saturated rings. The summed E-state index contributed by atoms with van der Waals surface area (Å²) in [7, 11) is 0. The summed E-state index contributed by atoms with van der Waals surface area (Å²) in [5.74, 6) is 0. The smallest absolute Gasteiger partial charge is 0.246 e. The van der Waals surface area contributed by atoms with Gasteiger partial charge in [-0.1, -0.05) is 0 Å². The molecule has 2 nitrogen and oxygen atoms in total. The molecular formula is C9H8IN2+. The standard InChI is InChI=1S/C9H7IN2/c10-8-1-3-9(4-2-8)12-6-5-11-7-12/h1-7H/p+1. The van der Waals surface area contributed by atoms with Crippen LogP contribution in [0.3, 0.4) is 0 Å². The molecular weight excluding hydrogens is 263 g/mol. The molecule has 0 spiro atoms. The van der Waals surface area contributed by atoms with Crippen molar-refractivity contribution in [3.63, 3.8) is 0 Å². The fourth-order valence-corrected chi connectivity index (χ4v) is 1.42. The fraction of sp³-hybridized carbons (Fsp3) is 0. The zero-order valence-corrected chi connectivity index (χ0v) is 8.52. The van der Waals surface area contributed by atoms with Gasteiger partial charge in [0, 0.05) is 3.57 Å². The predicted octanol–water partition coefficient (Wildman–Crippen LogP) is 1.90. The second kappa shape index (κ2) is 3.26. The van der Waals surface area contributed by atoms with E-state index in [9.17, 15) is 0 Å². The van der Waals surface area contributed by atoms with Gasteiger partial charge < -0.3 is 0 Å². The molecule has 0 saturated carbocycles. The van der Waals surface area contributed by atoms with E-state index in [1.165, 1.54) is 9.26 Å². The van der Waals surface area contributed by atoms with E-state index in [1.807, 2.05) is 23.3 Å². The lowest BCUT2D eigenvalue weighted by molar-refractivity contribution is -0.594. The number of rotatable bonds is 1. The number of aromatic nitrogens is 2. The van der Waals surface area contributed by atoms with Gasteiger partial charge in [-0.15, -0.1) is 0 Å². The van der Waals surface area contributed by atoms with Crippen LogP contribution in [0.5, 0.6) is 0 Å². The van der Waals surface area contributed by atoms with Gasteiger partial charge in [0.25, 0.3) is 0 Å². The lowest BCUT2D eigenvalue weighted by Gasteiger charge is -1.93. The Morgan fingerprint density at radius 2 is 1.92 bits per heavy atom. The molecule has 1 heterocycles. The Kier molecular flexibility index (Phi) is 2.12. The van der Waals surface area contributed by atoms with Gasteiger partial charge in [-0.25, -0.2) is 9.55 Å². The Morgan fingerprint density at radius 3 is 2.50 bits per heavy atom. The molecule has 0 bridgehead atoms. The highest BCUT2D eigenvalue weighted by molar-refractivity contribution is 14.1. The lowest BCUT2D eigenvalue weighted by atomic mass is 10.3. The number of nitrogens with zero attached hydrogens (tertiary/aromatic N) is 1. The van der Waals surface area contributed by atoms with Crippen molar-refractivity contribution in [3.8, 4) is 5.69 Å². The molecule has 0 aliphatic heterocycles. The summed E-state index contributed by atoms with van der Waals surface area (Å²) < 4.78 is 3.29. The number of imidazole rings is 1. The molecule has 0 radical (unpaired) electrons. The van der Waals surface area contributed by atoms with Crippen molar-refractivity contribution in [2.45, 2.75) is 0 Å². The van der Waals surface area contributed by atoms with Crippen LogP contribution in [0.1, 0.15) is 0 Å². The Bertz CT molecular complexity index is 351. The third-order valence-corrected chi connectivity index (χ3v) is 2.39. The summed E-state index contributed by atoms with van der Waals surface area (Å²) in [6.07, 6.45) is 5.81. The van der Waals surface area contributed by atoms with E-state index >= 15 is 0 Å². The molecule has 0 unspecified atom stereocenters. The minimum absolute atomic E-state index is 1.18. The maximum absolute atomic E-state index is 3.00. The van der Waals surface area contributed by atoms with Crippen molar-refractivity contribution < 1.29 is 4.57 Å². The van der Waals surface area contributed by atoms with Gasteiger partial charge in [0.1, 0.15) is 18.1 Å². The van der Waals surface area contributed by atoms with Crippen LogP contribution in [0.2, 0.25) is 0 Å². The van der Waals surface area contributed by atoms with Gasteiger partial charge in [0.2, 0.25) is 6.33 Å². The number of nitrogens with one attached hydrogen (secondary N) is 1. The van der Waals surface area contributed by atoms with Crippen LogP contribution in [0.4, 0.5) is 0 Å². The van der Waals surface area contributed by atoms with Crippen molar-refractivity contribution in [2.75, 3.05) is 0 Å². The first-order valence-corrected chi connectivity index (χ1v) is 4.74. The monoisotopic (exact) mass is 271 g/mol. The summed E-state index contributed by atoms with van der Waals surface area (Å²) in [4.78, 5) is 3.00. The summed E-state index contributed by atoms with van der Waals surface area (Å²) >= 11 is 2.30. The number of hydrogen-bond donors (Lipinski definition) is 1. The first-order valence-electron chi connectivity index (χ1n) is 3.66. The van der Waals surface area contributed by atoms with Crippen LogP contribution >= 0.6 is 22.6 Å². The van der Waals surface area contributed by atoms with Crippen LogP contribution in [0, 0.1) is 3.57 Å². The molecule has 1 aromatic heterocycles. The average molecular weight is 271 g/mol. The second-order valence-electron chi connectivity index (χ2n) is 2.50. The highest BCUT2D eigenvalue weighted by atomic mass is 127. The maximum Gasteiger partial charge on any atom is 0.246 e.